The topological polar surface area (TPSA) is 56.2 Å². The average Bonchev–Trinajstić information content (AvgIpc) is 3.09. The van der Waals surface area contributed by atoms with Crippen molar-refractivity contribution in [3.8, 4) is 5.75 Å². The van der Waals surface area contributed by atoms with Gasteiger partial charge in [0.25, 0.3) is 5.91 Å². The predicted molar refractivity (Wildman–Crippen MR) is 128 cm³/mol. The largest absolute Gasteiger partial charge is 0.497 e. The van der Waals surface area contributed by atoms with Crippen molar-refractivity contribution < 1.29 is 14.7 Å². The van der Waals surface area contributed by atoms with Gasteiger partial charge in [0.2, 0.25) is 0 Å². The molecule has 1 aliphatic heterocycles. The van der Waals surface area contributed by atoms with Crippen LogP contribution in [0, 0.1) is 19.3 Å². The number of hydroxylamine groups is 1. The summed E-state index contributed by atoms with van der Waals surface area (Å²) < 4.78 is 5.33. The number of rotatable bonds is 5. The van der Waals surface area contributed by atoms with Crippen molar-refractivity contribution in [3.05, 3.63) is 52.6 Å². The fourth-order valence-electron chi connectivity index (χ4n) is 5.20. The number of nitrogens with zero attached hydrogens (tertiary/aromatic N) is 3. The molecule has 2 aromatic carbocycles. The summed E-state index contributed by atoms with van der Waals surface area (Å²) in [6.07, 6.45) is 1.86. The average molecular weight is 438 g/mol. The van der Waals surface area contributed by atoms with Gasteiger partial charge in [-0.05, 0) is 66.5 Å². The molecule has 6 nitrogen and oxygen atoms in total. The number of carbonyl (C=O) groups excluding carboxylic acids is 1. The summed E-state index contributed by atoms with van der Waals surface area (Å²) in [5.41, 5.74) is 6.60. The van der Waals surface area contributed by atoms with Crippen LogP contribution >= 0.6 is 0 Å². The minimum atomic E-state index is -0.265. The minimum Gasteiger partial charge on any atom is -0.497 e. The van der Waals surface area contributed by atoms with Gasteiger partial charge < -0.3 is 9.64 Å². The highest BCUT2D eigenvalue weighted by Crippen LogP contribution is 2.43. The molecule has 1 heterocycles. The second-order valence-corrected chi connectivity index (χ2v) is 10.0. The zero-order chi connectivity index (χ0) is 23.0. The van der Waals surface area contributed by atoms with E-state index >= 15 is 0 Å². The molecule has 0 unspecified atom stereocenters. The Labute approximate surface area is 191 Å². The summed E-state index contributed by atoms with van der Waals surface area (Å²) >= 11 is 0. The van der Waals surface area contributed by atoms with E-state index in [4.69, 9.17) is 4.74 Å². The van der Waals surface area contributed by atoms with Crippen molar-refractivity contribution in [2.45, 2.75) is 40.5 Å². The molecule has 0 atom stereocenters. The van der Waals surface area contributed by atoms with E-state index in [0.717, 1.165) is 66.6 Å². The molecule has 0 spiro atoms. The van der Waals surface area contributed by atoms with Crippen LogP contribution in [0.5, 0.6) is 5.75 Å². The number of benzene rings is 2. The third kappa shape index (κ3) is 4.48. The Morgan fingerprint density at radius 1 is 1.06 bits per heavy atom. The van der Waals surface area contributed by atoms with Gasteiger partial charge in [-0.3, -0.25) is 14.9 Å². The fraction of sp³-hybridized carbons (Fsp3) is 0.500. The SMILES string of the molecule is COc1cccc(N2CCN(CC(=O)N(O)c3c(C)cc(C)c4c3CC(C)(C)C4)CC2)c1. The molecule has 0 bridgehead atoms. The maximum Gasteiger partial charge on any atom is 0.264 e. The minimum absolute atomic E-state index is 0.149. The first-order chi connectivity index (χ1) is 15.2. The smallest absolute Gasteiger partial charge is 0.264 e. The Hall–Kier alpha value is -2.57. The molecule has 1 N–H and O–H groups in total. The Balaban J connectivity index is 1.42. The lowest BCUT2D eigenvalue weighted by Gasteiger charge is -2.36. The van der Waals surface area contributed by atoms with Crippen molar-refractivity contribution in [3.63, 3.8) is 0 Å². The van der Waals surface area contributed by atoms with E-state index in [2.05, 4.69) is 42.7 Å². The molecular weight excluding hydrogens is 402 g/mol. The molecule has 4 rings (SSSR count). The number of aryl methyl sites for hydroxylation is 2. The number of hydrogen-bond acceptors (Lipinski definition) is 5. The number of anilines is 2. The van der Waals surface area contributed by atoms with E-state index in [1.807, 2.05) is 25.1 Å². The zero-order valence-electron chi connectivity index (χ0n) is 19.9. The van der Waals surface area contributed by atoms with E-state index in [-0.39, 0.29) is 17.9 Å². The molecule has 172 valence electrons. The highest BCUT2D eigenvalue weighted by atomic mass is 16.5. The highest BCUT2D eigenvalue weighted by Gasteiger charge is 2.34. The number of methoxy groups -OCH3 is 1. The van der Waals surface area contributed by atoms with E-state index in [0.29, 0.717) is 5.69 Å². The maximum atomic E-state index is 13.0. The molecule has 1 fully saturated rings. The summed E-state index contributed by atoms with van der Waals surface area (Å²) in [7, 11) is 1.68. The quantitative estimate of drug-likeness (QED) is 0.566. The molecular formula is C26H35N3O3. The van der Waals surface area contributed by atoms with Crippen LogP contribution in [-0.4, -0.2) is 55.8 Å². The summed E-state index contributed by atoms with van der Waals surface area (Å²) in [5.74, 6) is 0.582. The standard InChI is InChI=1S/C26H35N3O3/c1-18-13-19(2)25(23-16-26(3,4)15-22(18)23)29(31)24(30)17-27-9-11-28(12-10-27)20-7-6-8-21(14-20)32-5/h6-8,13-14,31H,9-12,15-17H2,1-5H3. The number of carbonyl (C=O) groups is 1. The van der Waals surface area contributed by atoms with Crippen molar-refractivity contribution in [1.29, 1.82) is 0 Å². The molecule has 0 aromatic heterocycles. The second kappa shape index (κ2) is 8.75. The Kier molecular flexibility index (Phi) is 6.19. The normalized spacial score (nSPS) is 17.9. The third-order valence-corrected chi connectivity index (χ3v) is 6.84. The van der Waals surface area contributed by atoms with E-state index in [9.17, 15) is 10.0 Å². The molecule has 1 saturated heterocycles. The lowest BCUT2D eigenvalue weighted by Crippen LogP contribution is -2.50. The Morgan fingerprint density at radius 2 is 1.75 bits per heavy atom. The van der Waals surface area contributed by atoms with Crippen LogP contribution < -0.4 is 14.7 Å². The molecule has 2 aliphatic rings. The van der Waals surface area contributed by atoms with Gasteiger partial charge in [0.05, 0.1) is 19.3 Å². The third-order valence-electron chi connectivity index (χ3n) is 6.84. The van der Waals surface area contributed by atoms with E-state index in [1.54, 1.807) is 7.11 Å². The molecule has 6 heteroatoms. The first kappa shape index (κ1) is 22.6. The summed E-state index contributed by atoms with van der Waals surface area (Å²) in [4.78, 5) is 17.5. The van der Waals surface area contributed by atoms with Gasteiger partial charge in [0.1, 0.15) is 5.75 Å². The predicted octanol–water partition coefficient (Wildman–Crippen LogP) is 3.98. The fourth-order valence-corrected chi connectivity index (χ4v) is 5.20. The van der Waals surface area contributed by atoms with Crippen LogP contribution in [0.15, 0.2) is 30.3 Å². The lowest BCUT2D eigenvalue weighted by atomic mass is 9.90. The van der Waals surface area contributed by atoms with Gasteiger partial charge in [-0.15, -0.1) is 0 Å². The Bertz CT molecular complexity index is 1010. The molecule has 32 heavy (non-hydrogen) atoms. The van der Waals surface area contributed by atoms with Gasteiger partial charge in [-0.1, -0.05) is 26.0 Å². The number of piperazine rings is 1. The summed E-state index contributed by atoms with van der Waals surface area (Å²) in [5, 5.41) is 11.9. The molecule has 0 saturated carbocycles. The first-order valence-electron chi connectivity index (χ1n) is 11.4. The molecule has 0 radical (unpaired) electrons. The zero-order valence-corrected chi connectivity index (χ0v) is 19.9. The van der Waals surface area contributed by atoms with Crippen LogP contribution in [0.3, 0.4) is 0 Å². The van der Waals surface area contributed by atoms with Crippen LogP contribution in [-0.2, 0) is 17.6 Å². The van der Waals surface area contributed by atoms with Crippen molar-refractivity contribution in [2.24, 2.45) is 5.41 Å². The Morgan fingerprint density at radius 3 is 2.44 bits per heavy atom. The van der Waals surface area contributed by atoms with Crippen LogP contribution in [0.4, 0.5) is 11.4 Å². The van der Waals surface area contributed by atoms with E-state index in [1.165, 1.54) is 11.1 Å². The molecule has 1 amide bonds. The van der Waals surface area contributed by atoms with Gasteiger partial charge in [-0.2, -0.15) is 5.06 Å². The van der Waals surface area contributed by atoms with Gasteiger partial charge >= 0.3 is 0 Å². The highest BCUT2D eigenvalue weighted by molar-refractivity contribution is 5.94. The second-order valence-electron chi connectivity index (χ2n) is 10.0. The van der Waals surface area contributed by atoms with Crippen molar-refractivity contribution in [2.75, 3.05) is 49.8 Å². The van der Waals surface area contributed by atoms with E-state index < -0.39 is 0 Å². The maximum absolute atomic E-state index is 13.0. The monoisotopic (exact) mass is 437 g/mol. The van der Waals surface area contributed by atoms with Gasteiger partial charge in [0.15, 0.2) is 0 Å². The van der Waals surface area contributed by atoms with Crippen LogP contribution in [0.1, 0.15) is 36.1 Å². The number of fused-ring (bicyclic) bond motifs is 1. The molecule has 2 aromatic rings. The summed E-state index contributed by atoms with van der Waals surface area (Å²) in [6.45, 7) is 12.0. The van der Waals surface area contributed by atoms with Crippen molar-refractivity contribution in [1.82, 2.24) is 4.90 Å². The van der Waals surface area contributed by atoms with Crippen molar-refractivity contribution >= 4 is 17.3 Å². The number of ether oxygens (including phenoxy) is 1. The van der Waals surface area contributed by atoms with Gasteiger partial charge in [0, 0.05) is 37.9 Å². The summed E-state index contributed by atoms with van der Waals surface area (Å²) in [6, 6.07) is 10.2. The molecule has 1 aliphatic carbocycles. The van der Waals surface area contributed by atoms with Gasteiger partial charge in [-0.25, -0.2) is 0 Å². The number of hydrogen-bond donors (Lipinski definition) is 1. The van der Waals surface area contributed by atoms with Crippen LogP contribution in [0.25, 0.3) is 0 Å². The lowest BCUT2D eigenvalue weighted by molar-refractivity contribution is -0.124. The van der Waals surface area contributed by atoms with Crippen LogP contribution in [0.2, 0.25) is 0 Å². The first-order valence-corrected chi connectivity index (χ1v) is 11.4. The number of amides is 1.